The standard InChI is InChI=1S/C18H15Cl2N3O2S/c19-14-5-4-11(7-15(14)20)18-23-16(10-26-18)17(25)22-13(9-24)8-12-3-1-2-6-21-12/h1-7,10,13,24H,8-9H2,(H,22,25)/t13-/m0/s1. The topological polar surface area (TPSA) is 75.1 Å². The van der Waals surface area contributed by atoms with E-state index in [2.05, 4.69) is 15.3 Å². The van der Waals surface area contributed by atoms with Crippen molar-refractivity contribution in [3.05, 3.63) is 69.4 Å². The molecular formula is C18H15Cl2N3O2S. The van der Waals surface area contributed by atoms with E-state index in [1.165, 1.54) is 11.3 Å². The maximum atomic E-state index is 12.4. The normalized spacial score (nSPS) is 12.0. The van der Waals surface area contributed by atoms with Crippen LogP contribution in [0, 0.1) is 0 Å². The lowest BCUT2D eigenvalue weighted by Crippen LogP contribution is -2.39. The lowest BCUT2D eigenvalue weighted by Gasteiger charge is -2.15. The molecule has 0 saturated carbocycles. The molecule has 1 aromatic carbocycles. The molecule has 0 unspecified atom stereocenters. The number of aliphatic hydroxyl groups is 1. The molecule has 0 spiro atoms. The van der Waals surface area contributed by atoms with E-state index in [1.54, 1.807) is 29.8 Å². The monoisotopic (exact) mass is 407 g/mol. The van der Waals surface area contributed by atoms with Crippen molar-refractivity contribution >= 4 is 40.4 Å². The molecule has 0 fully saturated rings. The van der Waals surface area contributed by atoms with Gasteiger partial charge in [0.2, 0.25) is 0 Å². The quantitative estimate of drug-likeness (QED) is 0.650. The third kappa shape index (κ3) is 4.59. The van der Waals surface area contributed by atoms with Gasteiger partial charge in [0.25, 0.3) is 5.91 Å². The first-order valence-corrected chi connectivity index (χ1v) is 9.43. The highest BCUT2D eigenvalue weighted by Gasteiger charge is 2.17. The van der Waals surface area contributed by atoms with Gasteiger partial charge in [0, 0.05) is 29.3 Å². The van der Waals surface area contributed by atoms with Gasteiger partial charge in [0.1, 0.15) is 10.7 Å². The smallest absolute Gasteiger partial charge is 0.271 e. The first kappa shape index (κ1) is 18.8. The lowest BCUT2D eigenvalue weighted by molar-refractivity contribution is 0.0912. The summed E-state index contributed by atoms with van der Waals surface area (Å²) < 4.78 is 0. The van der Waals surface area contributed by atoms with Crippen LogP contribution in [-0.4, -0.2) is 33.6 Å². The Bertz CT molecular complexity index is 902. The molecule has 3 aromatic rings. The third-order valence-electron chi connectivity index (χ3n) is 3.64. The van der Waals surface area contributed by atoms with Crippen molar-refractivity contribution < 1.29 is 9.90 Å². The van der Waals surface area contributed by atoms with Gasteiger partial charge >= 0.3 is 0 Å². The van der Waals surface area contributed by atoms with Crippen LogP contribution in [0.5, 0.6) is 0 Å². The number of aliphatic hydroxyl groups excluding tert-OH is 1. The zero-order chi connectivity index (χ0) is 18.5. The van der Waals surface area contributed by atoms with E-state index < -0.39 is 6.04 Å². The van der Waals surface area contributed by atoms with Crippen LogP contribution in [0.4, 0.5) is 0 Å². The summed E-state index contributed by atoms with van der Waals surface area (Å²) in [5, 5.41) is 15.5. The SMILES string of the molecule is O=C(N[C@H](CO)Cc1ccccn1)c1csc(-c2ccc(Cl)c(Cl)c2)n1. The Morgan fingerprint density at radius 1 is 1.23 bits per heavy atom. The number of carbonyl (C=O) groups excluding carboxylic acids is 1. The summed E-state index contributed by atoms with van der Waals surface area (Å²) in [7, 11) is 0. The zero-order valence-electron chi connectivity index (χ0n) is 13.5. The zero-order valence-corrected chi connectivity index (χ0v) is 15.9. The summed E-state index contributed by atoms with van der Waals surface area (Å²) in [5.74, 6) is -0.345. The number of thiazole rings is 1. The van der Waals surface area contributed by atoms with Crippen LogP contribution in [0.2, 0.25) is 10.0 Å². The average molecular weight is 408 g/mol. The maximum absolute atomic E-state index is 12.4. The van der Waals surface area contributed by atoms with Crippen LogP contribution >= 0.6 is 34.5 Å². The maximum Gasteiger partial charge on any atom is 0.271 e. The number of nitrogens with one attached hydrogen (secondary N) is 1. The van der Waals surface area contributed by atoms with Crippen LogP contribution in [0.1, 0.15) is 16.2 Å². The number of carbonyl (C=O) groups is 1. The third-order valence-corrected chi connectivity index (χ3v) is 5.27. The molecule has 2 heterocycles. The van der Waals surface area contributed by atoms with Crippen molar-refractivity contribution in [2.24, 2.45) is 0 Å². The molecule has 5 nitrogen and oxygen atoms in total. The number of benzene rings is 1. The van der Waals surface area contributed by atoms with E-state index in [9.17, 15) is 9.90 Å². The van der Waals surface area contributed by atoms with Gasteiger partial charge in [-0.1, -0.05) is 35.3 Å². The number of pyridine rings is 1. The summed E-state index contributed by atoms with van der Waals surface area (Å²) in [6.45, 7) is -0.188. The van der Waals surface area contributed by atoms with Gasteiger partial charge < -0.3 is 10.4 Å². The lowest BCUT2D eigenvalue weighted by atomic mass is 10.1. The van der Waals surface area contributed by atoms with Crippen LogP contribution in [-0.2, 0) is 6.42 Å². The second kappa shape index (κ2) is 8.60. The predicted octanol–water partition coefficient (Wildman–Crippen LogP) is 3.85. The fraction of sp³-hybridized carbons (Fsp3) is 0.167. The summed E-state index contributed by atoms with van der Waals surface area (Å²) in [6.07, 6.45) is 2.11. The molecule has 0 bridgehead atoms. The van der Waals surface area contributed by atoms with Gasteiger partial charge in [-0.2, -0.15) is 0 Å². The van der Waals surface area contributed by atoms with Gasteiger partial charge in [-0.3, -0.25) is 9.78 Å². The highest BCUT2D eigenvalue weighted by atomic mass is 35.5. The van der Waals surface area contributed by atoms with E-state index >= 15 is 0 Å². The van der Waals surface area contributed by atoms with E-state index in [4.69, 9.17) is 23.2 Å². The van der Waals surface area contributed by atoms with Crippen molar-refractivity contribution in [3.8, 4) is 10.6 Å². The van der Waals surface area contributed by atoms with Gasteiger partial charge in [0.15, 0.2) is 0 Å². The molecule has 3 rings (SSSR count). The molecule has 26 heavy (non-hydrogen) atoms. The molecule has 1 atom stereocenters. The number of nitrogens with zero attached hydrogens (tertiary/aromatic N) is 2. The molecule has 0 aliphatic rings. The van der Waals surface area contributed by atoms with Crippen molar-refractivity contribution in [1.29, 1.82) is 0 Å². The van der Waals surface area contributed by atoms with Crippen LogP contribution in [0.25, 0.3) is 10.6 Å². The molecule has 2 aromatic heterocycles. The minimum Gasteiger partial charge on any atom is -0.394 e. The first-order valence-electron chi connectivity index (χ1n) is 7.79. The van der Waals surface area contributed by atoms with Crippen molar-refractivity contribution in [3.63, 3.8) is 0 Å². The van der Waals surface area contributed by atoms with Gasteiger partial charge in [0.05, 0.1) is 22.7 Å². The minimum absolute atomic E-state index is 0.188. The molecule has 2 N–H and O–H groups in total. The Morgan fingerprint density at radius 2 is 2.08 bits per heavy atom. The molecule has 0 radical (unpaired) electrons. The van der Waals surface area contributed by atoms with Gasteiger partial charge in [-0.15, -0.1) is 11.3 Å². The van der Waals surface area contributed by atoms with E-state index in [-0.39, 0.29) is 18.2 Å². The summed E-state index contributed by atoms with van der Waals surface area (Å²) in [6, 6.07) is 10.3. The fourth-order valence-corrected chi connectivity index (χ4v) is 3.43. The second-order valence-corrected chi connectivity index (χ2v) is 7.22. The van der Waals surface area contributed by atoms with Gasteiger partial charge in [-0.25, -0.2) is 4.98 Å². The Hall–Kier alpha value is -1.99. The molecule has 1 amide bonds. The molecule has 134 valence electrons. The first-order chi connectivity index (χ1) is 12.6. The number of aromatic nitrogens is 2. The number of hydrogen-bond donors (Lipinski definition) is 2. The summed E-state index contributed by atoms with van der Waals surface area (Å²) in [5.41, 5.74) is 1.87. The number of halogens is 2. The molecule has 0 saturated heterocycles. The number of amides is 1. The predicted molar refractivity (Wildman–Crippen MR) is 104 cm³/mol. The van der Waals surface area contributed by atoms with E-state index in [1.807, 2.05) is 18.2 Å². The Balaban J connectivity index is 1.69. The summed E-state index contributed by atoms with van der Waals surface area (Å²) >= 11 is 13.3. The Labute approximate surface area is 164 Å². The van der Waals surface area contributed by atoms with Crippen LogP contribution in [0.15, 0.2) is 48.0 Å². The number of rotatable bonds is 6. The van der Waals surface area contributed by atoms with E-state index in [0.717, 1.165) is 11.3 Å². The molecule has 8 heteroatoms. The van der Waals surface area contributed by atoms with Crippen molar-refractivity contribution in [2.75, 3.05) is 6.61 Å². The number of hydrogen-bond acceptors (Lipinski definition) is 5. The molecular weight excluding hydrogens is 393 g/mol. The van der Waals surface area contributed by atoms with Crippen molar-refractivity contribution in [1.82, 2.24) is 15.3 Å². The fourth-order valence-electron chi connectivity index (χ4n) is 2.33. The largest absolute Gasteiger partial charge is 0.394 e. The second-order valence-electron chi connectivity index (χ2n) is 5.54. The average Bonchev–Trinajstić information content (AvgIpc) is 3.14. The highest BCUT2D eigenvalue weighted by Crippen LogP contribution is 2.30. The van der Waals surface area contributed by atoms with Crippen LogP contribution in [0.3, 0.4) is 0 Å². The molecule has 0 aliphatic carbocycles. The Morgan fingerprint density at radius 3 is 2.77 bits per heavy atom. The minimum atomic E-state index is -0.437. The van der Waals surface area contributed by atoms with Crippen molar-refractivity contribution in [2.45, 2.75) is 12.5 Å². The van der Waals surface area contributed by atoms with Crippen LogP contribution < -0.4 is 5.32 Å². The Kier molecular flexibility index (Phi) is 6.21. The van der Waals surface area contributed by atoms with Gasteiger partial charge in [-0.05, 0) is 24.3 Å². The molecule has 0 aliphatic heterocycles. The summed E-state index contributed by atoms with van der Waals surface area (Å²) in [4.78, 5) is 21.0. The highest BCUT2D eigenvalue weighted by molar-refractivity contribution is 7.13. The van der Waals surface area contributed by atoms with E-state index in [0.29, 0.717) is 21.5 Å².